The van der Waals surface area contributed by atoms with Crippen LogP contribution in [-0.2, 0) is 0 Å². The molecule has 0 aromatic heterocycles. The highest BCUT2D eigenvalue weighted by Crippen LogP contribution is 2.10. The third-order valence-electron chi connectivity index (χ3n) is 2.56. The number of alkyl halides is 1. The Labute approximate surface area is 98.6 Å². The second kappa shape index (κ2) is 10.1. The first-order chi connectivity index (χ1) is 6.79. The normalized spacial score (nSPS) is 11.6. The number of nitrogens with zero attached hydrogens (tertiary/aromatic N) is 1. The van der Waals surface area contributed by atoms with Crippen LogP contribution in [0.2, 0.25) is 0 Å². The number of rotatable bonds is 9. The molecule has 0 spiro atoms. The monoisotopic (exact) mass is 237 g/mol. The molecule has 14 heavy (non-hydrogen) atoms. The Bertz CT molecular complexity index is 118. The predicted octanol–water partition coefficient (Wildman–Crippen LogP) is 3.47. The Morgan fingerprint density at radius 3 is 2.21 bits per heavy atom. The van der Waals surface area contributed by atoms with Crippen LogP contribution in [0.15, 0.2) is 0 Å². The van der Waals surface area contributed by atoms with Gasteiger partial charge in [0.05, 0.1) is 0 Å². The minimum atomic E-state index is 0.728. The topological polar surface area (TPSA) is 3.24 Å². The van der Waals surface area contributed by atoms with Crippen molar-refractivity contribution in [3.8, 4) is 0 Å². The van der Waals surface area contributed by atoms with Crippen molar-refractivity contribution in [2.75, 3.05) is 30.5 Å². The van der Waals surface area contributed by atoms with E-state index in [1.165, 1.54) is 30.9 Å². The molecular formula is C11H24ClNS. The van der Waals surface area contributed by atoms with Crippen molar-refractivity contribution < 1.29 is 0 Å². The van der Waals surface area contributed by atoms with Crippen LogP contribution >= 0.6 is 23.4 Å². The van der Waals surface area contributed by atoms with Crippen molar-refractivity contribution in [2.24, 2.45) is 0 Å². The van der Waals surface area contributed by atoms with E-state index in [1.807, 2.05) is 11.8 Å². The van der Waals surface area contributed by atoms with Gasteiger partial charge in [0.2, 0.25) is 0 Å². The van der Waals surface area contributed by atoms with Crippen molar-refractivity contribution in [2.45, 2.75) is 39.7 Å². The summed E-state index contributed by atoms with van der Waals surface area (Å²) in [5.41, 5.74) is 0. The number of halogens is 1. The zero-order chi connectivity index (χ0) is 10.8. The smallest absolute Gasteiger partial charge is 0.0351 e. The zero-order valence-corrected chi connectivity index (χ0v) is 11.3. The lowest BCUT2D eigenvalue weighted by Crippen LogP contribution is -2.37. The van der Waals surface area contributed by atoms with Gasteiger partial charge in [-0.25, -0.2) is 0 Å². The van der Waals surface area contributed by atoms with Crippen molar-refractivity contribution in [3.05, 3.63) is 0 Å². The lowest BCUT2D eigenvalue weighted by molar-refractivity contribution is 0.209. The molecule has 0 atom stereocenters. The molecule has 0 saturated heterocycles. The maximum absolute atomic E-state index is 5.82. The van der Waals surface area contributed by atoms with Crippen LogP contribution in [0.3, 0.4) is 0 Å². The summed E-state index contributed by atoms with van der Waals surface area (Å²) in [6.45, 7) is 8.98. The van der Waals surface area contributed by atoms with Gasteiger partial charge in [0, 0.05) is 30.8 Å². The van der Waals surface area contributed by atoms with Crippen LogP contribution in [0.1, 0.15) is 33.6 Å². The first kappa shape index (κ1) is 14.6. The van der Waals surface area contributed by atoms with Gasteiger partial charge in [-0.2, -0.15) is 11.8 Å². The van der Waals surface area contributed by atoms with Crippen LogP contribution in [-0.4, -0.2) is 41.4 Å². The van der Waals surface area contributed by atoms with Gasteiger partial charge in [0.1, 0.15) is 0 Å². The van der Waals surface area contributed by atoms with Crippen molar-refractivity contribution >= 4 is 23.4 Å². The van der Waals surface area contributed by atoms with E-state index in [4.69, 9.17) is 11.6 Å². The molecule has 0 aliphatic heterocycles. The van der Waals surface area contributed by atoms with Crippen LogP contribution in [0, 0.1) is 0 Å². The minimum absolute atomic E-state index is 0.728. The summed E-state index contributed by atoms with van der Waals surface area (Å²) in [6.07, 6.45) is 2.48. The Morgan fingerprint density at radius 1 is 1.14 bits per heavy atom. The summed E-state index contributed by atoms with van der Waals surface area (Å²) in [6, 6.07) is 0.728. The average Bonchev–Trinajstić information content (AvgIpc) is 2.20. The van der Waals surface area contributed by atoms with Gasteiger partial charge in [-0.3, -0.25) is 4.90 Å². The van der Waals surface area contributed by atoms with E-state index in [2.05, 4.69) is 25.7 Å². The summed E-state index contributed by atoms with van der Waals surface area (Å²) in [4.78, 5) is 2.54. The molecule has 0 fully saturated rings. The molecule has 0 saturated carbocycles. The Hall–Kier alpha value is 0.600. The van der Waals surface area contributed by atoms with Gasteiger partial charge in [-0.05, 0) is 18.6 Å². The van der Waals surface area contributed by atoms with Crippen LogP contribution in [0.5, 0.6) is 0 Å². The molecule has 0 aliphatic rings. The van der Waals surface area contributed by atoms with Crippen molar-refractivity contribution in [3.63, 3.8) is 0 Å². The third kappa shape index (κ3) is 6.15. The summed E-state index contributed by atoms with van der Waals surface area (Å²) in [7, 11) is 0. The fraction of sp³-hybridized carbons (Fsp3) is 1.00. The molecule has 0 unspecified atom stereocenters. The van der Waals surface area contributed by atoms with E-state index in [1.54, 1.807) is 0 Å². The van der Waals surface area contributed by atoms with Gasteiger partial charge in [-0.15, -0.1) is 11.6 Å². The Balaban J connectivity index is 3.85. The van der Waals surface area contributed by atoms with Gasteiger partial charge >= 0.3 is 0 Å². The molecule has 0 amide bonds. The first-order valence-corrected chi connectivity index (χ1v) is 7.36. The van der Waals surface area contributed by atoms with Crippen molar-refractivity contribution in [1.82, 2.24) is 4.90 Å². The van der Waals surface area contributed by atoms with Crippen LogP contribution in [0.25, 0.3) is 0 Å². The van der Waals surface area contributed by atoms with E-state index in [9.17, 15) is 0 Å². The molecule has 1 nitrogen and oxygen atoms in total. The fourth-order valence-electron chi connectivity index (χ4n) is 1.72. The second-order valence-electron chi connectivity index (χ2n) is 3.39. The molecular weight excluding hydrogens is 214 g/mol. The summed E-state index contributed by atoms with van der Waals surface area (Å²) < 4.78 is 0. The molecule has 0 aromatic rings. The number of hydrogen-bond donors (Lipinski definition) is 0. The minimum Gasteiger partial charge on any atom is -0.298 e. The van der Waals surface area contributed by atoms with Crippen LogP contribution in [0.4, 0.5) is 0 Å². The predicted molar refractivity (Wildman–Crippen MR) is 69.7 cm³/mol. The van der Waals surface area contributed by atoms with E-state index >= 15 is 0 Å². The summed E-state index contributed by atoms with van der Waals surface area (Å²) in [5.74, 6) is 3.22. The largest absolute Gasteiger partial charge is 0.298 e. The molecule has 0 aliphatic carbocycles. The molecule has 3 heteroatoms. The van der Waals surface area contributed by atoms with Crippen LogP contribution < -0.4 is 0 Å². The zero-order valence-electron chi connectivity index (χ0n) is 9.76. The number of thioether (sulfide) groups is 1. The molecule has 0 radical (unpaired) electrons. The average molecular weight is 238 g/mol. The summed E-state index contributed by atoms with van der Waals surface area (Å²) in [5, 5.41) is 0. The van der Waals surface area contributed by atoms with E-state index in [-0.39, 0.29) is 0 Å². The van der Waals surface area contributed by atoms with Crippen molar-refractivity contribution in [1.29, 1.82) is 0 Å². The number of hydrogen-bond acceptors (Lipinski definition) is 2. The quantitative estimate of drug-likeness (QED) is 0.446. The maximum atomic E-state index is 5.82. The Morgan fingerprint density at radius 2 is 1.79 bits per heavy atom. The lowest BCUT2D eigenvalue weighted by atomic mass is 10.1. The molecule has 86 valence electrons. The molecule has 0 heterocycles. The van der Waals surface area contributed by atoms with Gasteiger partial charge in [0.25, 0.3) is 0 Å². The summed E-state index contributed by atoms with van der Waals surface area (Å²) >= 11 is 7.83. The SMILES string of the molecule is CCSCCN(CCCl)C(CC)CC. The van der Waals surface area contributed by atoms with E-state index in [0.717, 1.165) is 18.5 Å². The molecule has 0 aromatic carbocycles. The standard InChI is InChI=1S/C11H24ClNS/c1-4-11(5-2)13(8-7-12)9-10-14-6-3/h11H,4-10H2,1-3H3. The maximum Gasteiger partial charge on any atom is 0.0351 e. The third-order valence-corrected chi connectivity index (χ3v) is 3.61. The molecule has 0 N–H and O–H groups in total. The van der Waals surface area contributed by atoms with E-state index in [0.29, 0.717) is 0 Å². The van der Waals surface area contributed by atoms with Gasteiger partial charge < -0.3 is 0 Å². The molecule has 0 rings (SSSR count). The Kier molecular flexibility index (Phi) is 10.6. The second-order valence-corrected chi connectivity index (χ2v) is 5.16. The van der Waals surface area contributed by atoms with Gasteiger partial charge in [0.15, 0.2) is 0 Å². The lowest BCUT2D eigenvalue weighted by Gasteiger charge is -2.29. The van der Waals surface area contributed by atoms with Gasteiger partial charge in [-0.1, -0.05) is 20.8 Å². The molecule has 0 bridgehead atoms. The first-order valence-electron chi connectivity index (χ1n) is 5.67. The highest BCUT2D eigenvalue weighted by Gasteiger charge is 2.13. The fourth-order valence-corrected chi connectivity index (χ4v) is 2.59. The van der Waals surface area contributed by atoms with E-state index < -0.39 is 0 Å². The highest BCUT2D eigenvalue weighted by molar-refractivity contribution is 7.99. The highest BCUT2D eigenvalue weighted by atomic mass is 35.5.